The van der Waals surface area contributed by atoms with Gasteiger partial charge in [-0.3, -0.25) is 4.79 Å². The minimum atomic E-state index is -0.0440. The number of ketones is 1. The van der Waals surface area contributed by atoms with Crippen molar-refractivity contribution in [3.8, 4) is 0 Å². The van der Waals surface area contributed by atoms with E-state index in [2.05, 4.69) is 6.58 Å². The fourth-order valence-electron chi connectivity index (χ4n) is 0.860. The summed E-state index contributed by atoms with van der Waals surface area (Å²) in [5.41, 5.74) is 0. The predicted molar refractivity (Wildman–Crippen MR) is 40.8 cm³/mol. The van der Waals surface area contributed by atoms with E-state index in [1.807, 2.05) is 6.92 Å². The molecule has 0 saturated carbocycles. The van der Waals surface area contributed by atoms with E-state index in [1.54, 1.807) is 0 Å². The second-order valence-electron chi connectivity index (χ2n) is 2.49. The maximum atomic E-state index is 10.8. The van der Waals surface area contributed by atoms with E-state index in [0.29, 0.717) is 6.42 Å². The Kier molecular flexibility index (Phi) is 3.77. The van der Waals surface area contributed by atoms with Crippen LogP contribution < -0.4 is 0 Å². The highest BCUT2D eigenvalue weighted by molar-refractivity contribution is 5.78. The Morgan fingerprint density at radius 2 is 2.20 bits per heavy atom. The van der Waals surface area contributed by atoms with Gasteiger partial charge in [-0.2, -0.15) is 0 Å². The van der Waals surface area contributed by atoms with Crippen LogP contribution in [0.1, 0.15) is 26.7 Å². The number of aliphatic hydroxyl groups excluding tert-OH is 1. The molecule has 0 aliphatic rings. The molecule has 0 bridgehead atoms. The van der Waals surface area contributed by atoms with Gasteiger partial charge in [0.2, 0.25) is 0 Å². The van der Waals surface area contributed by atoms with E-state index >= 15 is 0 Å². The second-order valence-corrected chi connectivity index (χ2v) is 2.49. The van der Waals surface area contributed by atoms with Gasteiger partial charge in [0.1, 0.15) is 5.78 Å². The standard InChI is InChI=1S/C8H14O2/c1-4-8(7(3)10)5-6(2)9/h8-9H,2,4-5H2,1,3H3/t8-/m1/s1. The van der Waals surface area contributed by atoms with Crippen LogP contribution >= 0.6 is 0 Å². The van der Waals surface area contributed by atoms with Gasteiger partial charge in [-0.25, -0.2) is 0 Å². The van der Waals surface area contributed by atoms with Gasteiger partial charge in [-0.15, -0.1) is 0 Å². The zero-order valence-electron chi connectivity index (χ0n) is 6.55. The van der Waals surface area contributed by atoms with Gasteiger partial charge in [0.25, 0.3) is 0 Å². The van der Waals surface area contributed by atoms with Crippen LogP contribution in [-0.4, -0.2) is 10.9 Å². The molecule has 0 radical (unpaired) electrons. The first-order chi connectivity index (χ1) is 4.57. The molecule has 0 aromatic rings. The average molecular weight is 142 g/mol. The van der Waals surface area contributed by atoms with E-state index in [-0.39, 0.29) is 17.5 Å². The van der Waals surface area contributed by atoms with Crippen molar-refractivity contribution in [1.82, 2.24) is 0 Å². The lowest BCUT2D eigenvalue weighted by molar-refractivity contribution is -0.120. The van der Waals surface area contributed by atoms with Crippen LogP contribution in [0.5, 0.6) is 0 Å². The smallest absolute Gasteiger partial charge is 0.133 e. The quantitative estimate of drug-likeness (QED) is 0.610. The van der Waals surface area contributed by atoms with Crippen molar-refractivity contribution in [2.24, 2.45) is 5.92 Å². The van der Waals surface area contributed by atoms with Crippen LogP contribution in [0.15, 0.2) is 12.3 Å². The molecule has 0 saturated heterocycles. The van der Waals surface area contributed by atoms with Gasteiger partial charge in [-0.1, -0.05) is 13.5 Å². The van der Waals surface area contributed by atoms with E-state index < -0.39 is 0 Å². The zero-order valence-corrected chi connectivity index (χ0v) is 6.55. The Morgan fingerprint density at radius 3 is 2.30 bits per heavy atom. The van der Waals surface area contributed by atoms with Crippen molar-refractivity contribution < 1.29 is 9.90 Å². The van der Waals surface area contributed by atoms with E-state index in [0.717, 1.165) is 6.42 Å². The third-order valence-corrected chi connectivity index (χ3v) is 1.55. The predicted octanol–water partition coefficient (Wildman–Crippen LogP) is 2.06. The maximum Gasteiger partial charge on any atom is 0.133 e. The SMILES string of the molecule is C=C(O)C[C@@H](CC)C(C)=O. The molecule has 1 atom stereocenters. The van der Waals surface area contributed by atoms with Gasteiger partial charge in [0.05, 0.1) is 5.76 Å². The number of allylic oxidation sites excluding steroid dienone is 1. The molecule has 58 valence electrons. The summed E-state index contributed by atoms with van der Waals surface area (Å²) in [4.78, 5) is 10.8. The fourth-order valence-corrected chi connectivity index (χ4v) is 0.860. The molecule has 0 spiro atoms. The molecule has 0 aromatic carbocycles. The zero-order chi connectivity index (χ0) is 8.15. The first kappa shape index (κ1) is 9.21. The van der Waals surface area contributed by atoms with Crippen LogP contribution in [0, 0.1) is 5.92 Å². The Labute approximate surface area is 61.6 Å². The van der Waals surface area contributed by atoms with Crippen molar-refractivity contribution in [1.29, 1.82) is 0 Å². The molecule has 10 heavy (non-hydrogen) atoms. The van der Waals surface area contributed by atoms with Crippen LogP contribution in [-0.2, 0) is 4.79 Å². The van der Waals surface area contributed by atoms with Crippen LogP contribution in [0.3, 0.4) is 0 Å². The third kappa shape index (κ3) is 3.28. The summed E-state index contributed by atoms with van der Waals surface area (Å²) in [7, 11) is 0. The summed E-state index contributed by atoms with van der Waals surface area (Å²) in [6.07, 6.45) is 1.18. The number of hydrogen-bond acceptors (Lipinski definition) is 2. The summed E-state index contributed by atoms with van der Waals surface area (Å²) in [5, 5.41) is 8.76. The minimum absolute atomic E-state index is 0.0440. The van der Waals surface area contributed by atoms with Crippen molar-refractivity contribution in [2.45, 2.75) is 26.7 Å². The number of aliphatic hydroxyl groups is 1. The summed E-state index contributed by atoms with van der Waals surface area (Å²) in [6.45, 7) is 6.79. The lowest BCUT2D eigenvalue weighted by Crippen LogP contribution is -2.09. The van der Waals surface area contributed by atoms with Gasteiger partial charge < -0.3 is 5.11 Å². The molecule has 1 N–H and O–H groups in total. The molecule has 0 unspecified atom stereocenters. The van der Waals surface area contributed by atoms with Gasteiger partial charge in [-0.05, 0) is 13.3 Å². The van der Waals surface area contributed by atoms with Gasteiger partial charge >= 0.3 is 0 Å². The molecule has 0 fully saturated rings. The van der Waals surface area contributed by atoms with Crippen molar-refractivity contribution in [3.05, 3.63) is 12.3 Å². The first-order valence-electron chi connectivity index (χ1n) is 3.45. The Morgan fingerprint density at radius 1 is 1.70 bits per heavy atom. The number of rotatable bonds is 4. The van der Waals surface area contributed by atoms with Crippen molar-refractivity contribution >= 4 is 5.78 Å². The highest BCUT2D eigenvalue weighted by atomic mass is 16.3. The summed E-state index contributed by atoms with van der Waals surface area (Å²) in [6, 6.07) is 0. The minimum Gasteiger partial charge on any atom is -0.513 e. The largest absolute Gasteiger partial charge is 0.513 e. The number of Topliss-reactive ketones (excluding diaryl/α,β-unsaturated/α-hetero) is 1. The lowest BCUT2D eigenvalue weighted by Gasteiger charge is -2.08. The molecule has 2 nitrogen and oxygen atoms in total. The highest BCUT2D eigenvalue weighted by Crippen LogP contribution is 2.12. The van der Waals surface area contributed by atoms with E-state index in [4.69, 9.17) is 5.11 Å². The fraction of sp³-hybridized carbons (Fsp3) is 0.625. The van der Waals surface area contributed by atoms with Gasteiger partial charge in [0, 0.05) is 12.3 Å². The van der Waals surface area contributed by atoms with Crippen LogP contribution in [0.2, 0.25) is 0 Å². The molecule has 0 aromatic heterocycles. The summed E-state index contributed by atoms with van der Waals surface area (Å²) >= 11 is 0. The first-order valence-corrected chi connectivity index (χ1v) is 3.45. The molecular weight excluding hydrogens is 128 g/mol. The normalized spacial score (nSPS) is 12.6. The number of carbonyl (C=O) groups excluding carboxylic acids is 1. The number of hydrogen-bond donors (Lipinski definition) is 1. The molecule has 0 amide bonds. The maximum absolute atomic E-state index is 10.8. The van der Waals surface area contributed by atoms with E-state index in [1.165, 1.54) is 6.92 Å². The average Bonchev–Trinajstić information content (AvgIpc) is 1.81. The monoisotopic (exact) mass is 142 g/mol. The van der Waals surface area contributed by atoms with Crippen LogP contribution in [0.25, 0.3) is 0 Å². The molecule has 0 heterocycles. The van der Waals surface area contributed by atoms with Crippen LogP contribution in [0.4, 0.5) is 0 Å². The topological polar surface area (TPSA) is 37.3 Å². The molecular formula is C8H14O2. The van der Waals surface area contributed by atoms with Crippen molar-refractivity contribution in [2.75, 3.05) is 0 Å². The third-order valence-electron chi connectivity index (χ3n) is 1.55. The number of carbonyl (C=O) groups is 1. The highest BCUT2D eigenvalue weighted by Gasteiger charge is 2.11. The second kappa shape index (κ2) is 4.09. The molecule has 2 heteroatoms. The van der Waals surface area contributed by atoms with Gasteiger partial charge in [0.15, 0.2) is 0 Å². The Hall–Kier alpha value is -0.790. The summed E-state index contributed by atoms with van der Waals surface area (Å²) < 4.78 is 0. The molecule has 0 aliphatic heterocycles. The summed E-state index contributed by atoms with van der Waals surface area (Å²) in [5.74, 6) is 0.178. The van der Waals surface area contributed by atoms with E-state index in [9.17, 15) is 4.79 Å². The molecule has 0 aliphatic carbocycles. The lowest BCUT2D eigenvalue weighted by atomic mass is 9.98. The Bertz CT molecular complexity index is 138. The molecule has 0 rings (SSSR count). The Balaban J connectivity index is 3.83. The van der Waals surface area contributed by atoms with Crippen molar-refractivity contribution in [3.63, 3.8) is 0 Å².